The summed E-state index contributed by atoms with van der Waals surface area (Å²) >= 11 is 11.8. The van der Waals surface area contributed by atoms with Gasteiger partial charge in [0.15, 0.2) is 0 Å². The minimum atomic E-state index is -0.397. The Kier molecular flexibility index (Phi) is 8.45. The van der Waals surface area contributed by atoms with Crippen LogP contribution in [-0.4, -0.2) is 18.7 Å². The Morgan fingerprint density at radius 3 is 2.77 bits per heavy atom. The number of benzene rings is 2. The van der Waals surface area contributed by atoms with Crippen LogP contribution in [0.25, 0.3) is 0 Å². The highest BCUT2D eigenvalue weighted by Crippen LogP contribution is 2.20. The molecule has 138 valence electrons. The summed E-state index contributed by atoms with van der Waals surface area (Å²) in [5, 5.41) is 4.73. The maximum absolute atomic E-state index is 12.1. The van der Waals surface area contributed by atoms with Gasteiger partial charge in [0.25, 0.3) is 5.91 Å². The quantitative estimate of drug-likeness (QED) is 0.337. The van der Waals surface area contributed by atoms with E-state index in [4.69, 9.17) is 27.9 Å². The van der Waals surface area contributed by atoms with Gasteiger partial charge in [0.2, 0.25) is 0 Å². The third-order valence-electron chi connectivity index (χ3n) is 3.68. The van der Waals surface area contributed by atoms with Crippen LogP contribution in [0.15, 0.2) is 47.6 Å². The number of hydrogen-bond donors (Lipinski definition) is 1. The molecule has 2 rings (SSSR count). The standard InChI is InChI=1S/C20H22Cl2N2O2/c1-2-3-4-5-11-26-17-8-6-7-15(12-17)14-23-24-20(25)18-10-9-16(21)13-19(18)22/h6-10,12-14H,2-5,11H2,1H3,(H,24,25)/b23-14+. The molecule has 0 aliphatic heterocycles. The molecule has 0 fully saturated rings. The molecule has 0 saturated heterocycles. The van der Waals surface area contributed by atoms with Gasteiger partial charge in [0.05, 0.1) is 23.4 Å². The first kappa shape index (κ1) is 20.3. The van der Waals surface area contributed by atoms with Gasteiger partial charge >= 0.3 is 0 Å². The molecule has 0 radical (unpaired) electrons. The van der Waals surface area contributed by atoms with E-state index in [1.54, 1.807) is 18.3 Å². The van der Waals surface area contributed by atoms with Gasteiger partial charge in [-0.25, -0.2) is 5.43 Å². The monoisotopic (exact) mass is 392 g/mol. The molecule has 0 spiro atoms. The molecule has 0 atom stereocenters. The summed E-state index contributed by atoms with van der Waals surface area (Å²) in [6.45, 7) is 2.88. The third kappa shape index (κ3) is 6.70. The second kappa shape index (κ2) is 10.8. The predicted octanol–water partition coefficient (Wildman–Crippen LogP) is 5.72. The molecule has 4 nitrogen and oxygen atoms in total. The van der Waals surface area contributed by atoms with Crippen molar-refractivity contribution in [1.82, 2.24) is 5.43 Å². The molecule has 0 saturated carbocycles. The predicted molar refractivity (Wildman–Crippen MR) is 108 cm³/mol. The third-order valence-corrected chi connectivity index (χ3v) is 4.23. The Morgan fingerprint density at radius 1 is 1.15 bits per heavy atom. The van der Waals surface area contributed by atoms with E-state index in [-0.39, 0.29) is 5.02 Å². The number of carbonyl (C=O) groups excluding carboxylic acids is 1. The Morgan fingerprint density at radius 2 is 2.00 bits per heavy atom. The average Bonchev–Trinajstić information content (AvgIpc) is 2.62. The summed E-state index contributed by atoms with van der Waals surface area (Å²) in [4.78, 5) is 12.1. The number of nitrogens with zero attached hydrogens (tertiary/aromatic N) is 1. The highest BCUT2D eigenvalue weighted by molar-refractivity contribution is 6.36. The number of ether oxygens (including phenoxy) is 1. The molecule has 0 aliphatic rings. The summed E-state index contributed by atoms with van der Waals surface area (Å²) in [7, 11) is 0. The lowest BCUT2D eigenvalue weighted by Gasteiger charge is -2.06. The lowest BCUT2D eigenvalue weighted by molar-refractivity contribution is 0.0955. The van der Waals surface area contributed by atoms with Crippen molar-refractivity contribution in [2.45, 2.75) is 32.6 Å². The van der Waals surface area contributed by atoms with Crippen LogP contribution in [0.3, 0.4) is 0 Å². The van der Waals surface area contributed by atoms with Crippen molar-refractivity contribution >= 4 is 35.3 Å². The highest BCUT2D eigenvalue weighted by Gasteiger charge is 2.09. The number of unbranched alkanes of at least 4 members (excludes halogenated alkanes) is 3. The Bertz CT molecular complexity index is 763. The molecule has 2 aromatic rings. The van der Waals surface area contributed by atoms with Gasteiger partial charge in [0.1, 0.15) is 5.75 Å². The van der Waals surface area contributed by atoms with Gasteiger partial charge in [-0.05, 0) is 42.3 Å². The normalized spacial score (nSPS) is 10.9. The fraction of sp³-hybridized carbons (Fsp3) is 0.300. The van der Waals surface area contributed by atoms with Gasteiger partial charge in [-0.15, -0.1) is 0 Å². The van der Waals surface area contributed by atoms with E-state index in [0.717, 1.165) is 17.7 Å². The molecule has 0 heterocycles. The summed E-state index contributed by atoms with van der Waals surface area (Å²) in [5.74, 6) is 0.392. The van der Waals surface area contributed by atoms with E-state index in [2.05, 4.69) is 17.5 Å². The Labute approximate surface area is 164 Å². The molecule has 0 bridgehead atoms. The summed E-state index contributed by atoms with van der Waals surface area (Å²) in [5.41, 5.74) is 3.60. The SMILES string of the molecule is CCCCCCOc1cccc(/C=N/NC(=O)c2ccc(Cl)cc2Cl)c1. The second-order valence-electron chi connectivity index (χ2n) is 5.80. The minimum Gasteiger partial charge on any atom is -0.494 e. The van der Waals surface area contributed by atoms with Crippen molar-refractivity contribution in [2.75, 3.05) is 6.61 Å². The molecule has 2 aromatic carbocycles. The number of amides is 1. The summed E-state index contributed by atoms with van der Waals surface area (Å²) in [6, 6.07) is 12.2. The number of hydrazone groups is 1. The van der Waals surface area contributed by atoms with Crippen LogP contribution < -0.4 is 10.2 Å². The van der Waals surface area contributed by atoms with Crippen molar-refractivity contribution < 1.29 is 9.53 Å². The van der Waals surface area contributed by atoms with E-state index >= 15 is 0 Å². The van der Waals surface area contributed by atoms with Crippen LogP contribution in [0.4, 0.5) is 0 Å². The van der Waals surface area contributed by atoms with Gasteiger partial charge in [-0.3, -0.25) is 4.79 Å². The maximum Gasteiger partial charge on any atom is 0.272 e. The van der Waals surface area contributed by atoms with Crippen LogP contribution in [-0.2, 0) is 0 Å². The average molecular weight is 393 g/mol. The van der Waals surface area contributed by atoms with Crippen molar-refractivity contribution in [3.8, 4) is 5.75 Å². The first-order chi connectivity index (χ1) is 12.6. The van der Waals surface area contributed by atoms with E-state index in [9.17, 15) is 4.79 Å². The minimum absolute atomic E-state index is 0.281. The maximum atomic E-state index is 12.1. The zero-order valence-electron chi connectivity index (χ0n) is 14.7. The molecule has 0 unspecified atom stereocenters. The van der Waals surface area contributed by atoms with Crippen molar-refractivity contribution in [3.05, 3.63) is 63.6 Å². The lowest BCUT2D eigenvalue weighted by Crippen LogP contribution is -2.18. The largest absolute Gasteiger partial charge is 0.494 e. The van der Waals surface area contributed by atoms with E-state index in [0.29, 0.717) is 17.2 Å². The van der Waals surface area contributed by atoms with E-state index < -0.39 is 5.91 Å². The highest BCUT2D eigenvalue weighted by atomic mass is 35.5. The molecular weight excluding hydrogens is 371 g/mol. The van der Waals surface area contributed by atoms with E-state index in [1.807, 2.05) is 24.3 Å². The van der Waals surface area contributed by atoms with Gasteiger partial charge in [-0.2, -0.15) is 5.10 Å². The number of halogens is 2. The van der Waals surface area contributed by atoms with E-state index in [1.165, 1.54) is 25.3 Å². The van der Waals surface area contributed by atoms with Crippen LogP contribution in [0, 0.1) is 0 Å². The van der Waals surface area contributed by atoms with Crippen LogP contribution in [0.1, 0.15) is 48.5 Å². The molecule has 0 aromatic heterocycles. The number of hydrogen-bond acceptors (Lipinski definition) is 3. The second-order valence-corrected chi connectivity index (χ2v) is 6.65. The molecule has 1 amide bonds. The Balaban J connectivity index is 1.87. The molecule has 0 aliphatic carbocycles. The molecular formula is C20H22Cl2N2O2. The first-order valence-corrected chi connectivity index (χ1v) is 9.37. The van der Waals surface area contributed by atoms with Crippen LogP contribution in [0.5, 0.6) is 5.75 Å². The van der Waals surface area contributed by atoms with Gasteiger partial charge in [0, 0.05) is 5.02 Å². The van der Waals surface area contributed by atoms with Crippen molar-refractivity contribution in [2.24, 2.45) is 5.10 Å². The van der Waals surface area contributed by atoms with Gasteiger partial charge < -0.3 is 4.74 Å². The smallest absolute Gasteiger partial charge is 0.272 e. The lowest BCUT2D eigenvalue weighted by atomic mass is 10.2. The molecule has 1 N–H and O–H groups in total. The van der Waals surface area contributed by atoms with Crippen molar-refractivity contribution in [3.63, 3.8) is 0 Å². The zero-order chi connectivity index (χ0) is 18.8. The van der Waals surface area contributed by atoms with Gasteiger partial charge in [-0.1, -0.05) is 61.5 Å². The zero-order valence-corrected chi connectivity index (χ0v) is 16.2. The molecule has 6 heteroatoms. The fourth-order valence-electron chi connectivity index (χ4n) is 2.30. The fourth-order valence-corrected chi connectivity index (χ4v) is 2.80. The number of carbonyl (C=O) groups is 1. The topological polar surface area (TPSA) is 50.7 Å². The summed E-state index contributed by atoms with van der Waals surface area (Å²) < 4.78 is 5.74. The molecule has 26 heavy (non-hydrogen) atoms. The number of rotatable bonds is 9. The Hall–Kier alpha value is -2.04. The van der Waals surface area contributed by atoms with Crippen molar-refractivity contribution in [1.29, 1.82) is 0 Å². The first-order valence-electron chi connectivity index (χ1n) is 8.61. The van der Waals surface area contributed by atoms with Crippen LogP contribution in [0.2, 0.25) is 10.0 Å². The summed E-state index contributed by atoms with van der Waals surface area (Å²) in [6.07, 6.45) is 6.22. The number of nitrogens with one attached hydrogen (secondary N) is 1. The van der Waals surface area contributed by atoms with Crippen LogP contribution >= 0.6 is 23.2 Å².